The smallest absolute Gasteiger partial charge is 0.153 e. The molecule has 3 rings (SSSR count). The normalized spacial score (nSPS) is 15.7. The van der Waals surface area contributed by atoms with Gasteiger partial charge in [0.05, 0.1) is 22.0 Å². The van der Waals surface area contributed by atoms with Gasteiger partial charge in [0.2, 0.25) is 0 Å². The van der Waals surface area contributed by atoms with E-state index in [1.54, 1.807) is 35.6 Å². The van der Waals surface area contributed by atoms with Gasteiger partial charge in [-0.3, -0.25) is 4.31 Å². The first-order valence-electron chi connectivity index (χ1n) is 7.62. The first kappa shape index (κ1) is 16.7. The van der Waals surface area contributed by atoms with Crippen molar-refractivity contribution in [2.75, 3.05) is 10.8 Å². The second kappa shape index (κ2) is 6.79. The minimum Gasteiger partial charge on any atom is -0.508 e. The molecule has 24 heavy (non-hydrogen) atoms. The van der Waals surface area contributed by atoms with E-state index >= 15 is 0 Å². The van der Waals surface area contributed by atoms with E-state index in [-0.39, 0.29) is 5.75 Å². The first-order chi connectivity index (χ1) is 11.6. The van der Waals surface area contributed by atoms with Crippen molar-refractivity contribution in [3.05, 3.63) is 70.5 Å². The Morgan fingerprint density at radius 3 is 2.67 bits per heavy atom. The maximum Gasteiger partial charge on any atom is 0.153 e. The topological polar surface area (TPSA) is 40.5 Å². The van der Waals surface area contributed by atoms with Gasteiger partial charge < -0.3 is 5.11 Å². The average molecular weight is 358 g/mol. The molecule has 0 aliphatic carbocycles. The van der Waals surface area contributed by atoms with Crippen molar-refractivity contribution < 1.29 is 9.32 Å². The highest BCUT2D eigenvalue weighted by atomic mass is 32.2. The lowest BCUT2D eigenvalue weighted by atomic mass is 10.0. The Kier molecular flexibility index (Phi) is 4.73. The molecule has 5 heteroatoms. The molecule has 1 aromatic heterocycles. The number of phenolic OH excluding ortho intramolecular Hbond substituents is 1. The number of allylic oxidation sites excluding steroid dienone is 3. The quantitative estimate of drug-likeness (QED) is 0.852. The van der Waals surface area contributed by atoms with Crippen LogP contribution in [0.4, 0.5) is 5.69 Å². The number of hydrogen-bond acceptors (Lipinski definition) is 3. The molecule has 0 saturated heterocycles. The summed E-state index contributed by atoms with van der Waals surface area (Å²) in [6.45, 7) is 8.53. The number of rotatable bonds is 4. The van der Waals surface area contributed by atoms with Crippen LogP contribution in [0.5, 0.6) is 5.75 Å². The Morgan fingerprint density at radius 2 is 2.04 bits per heavy atom. The fourth-order valence-corrected chi connectivity index (χ4v) is 5.27. The van der Waals surface area contributed by atoms with Crippen LogP contribution in [0.15, 0.2) is 64.9 Å². The van der Waals surface area contributed by atoms with Crippen LogP contribution in [0.2, 0.25) is 0 Å². The molecule has 3 nitrogen and oxygen atoms in total. The van der Waals surface area contributed by atoms with E-state index in [9.17, 15) is 9.32 Å². The molecular formula is C19H19NO2S2. The maximum absolute atomic E-state index is 13.2. The zero-order valence-corrected chi connectivity index (χ0v) is 15.3. The third kappa shape index (κ3) is 2.85. The van der Waals surface area contributed by atoms with Gasteiger partial charge in [-0.2, -0.15) is 0 Å². The van der Waals surface area contributed by atoms with Crippen LogP contribution in [0.3, 0.4) is 0 Å². The lowest BCUT2D eigenvalue weighted by Crippen LogP contribution is -2.31. The molecule has 0 fully saturated rings. The Hall–Kier alpha value is -2.11. The summed E-state index contributed by atoms with van der Waals surface area (Å²) in [5.41, 5.74) is 4.34. The Bertz CT molecular complexity index is 860. The second-order valence-corrected chi connectivity index (χ2v) is 7.81. The number of aromatic hydroxyl groups is 1. The van der Waals surface area contributed by atoms with Crippen LogP contribution in [0.25, 0.3) is 5.57 Å². The van der Waals surface area contributed by atoms with E-state index in [2.05, 4.69) is 18.0 Å². The molecule has 2 aromatic rings. The molecule has 0 bridgehead atoms. The van der Waals surface area contributed by atoms with Crippen molar-refractivity contribution in [1.29, 1.82) is 0 Å². The van der Waals surface area contributed by atoms with Gasteiger partial charge in [0.15, 0.2) is 11.0 Å². The molecule has 0 spiro atoms. The largest absolute Gasteiger partial charge is 0.508 e. The summed E-state index contributed by atoms with van der Waals surface area (Å²) in [6, 6.07) is 6.54. The number of hydrogen-bond donors (Lipinski definition) is 1. The number of fused-ring (bicyclic) bond motifs is 1. The molecule has 2 heterocycles. The predicted octanol–water partition coefficient (Wildman–Crippen LogP) is 4.82. The maximum atomic E-state index is 13.2. The van der Waals surface area contributed by atoms with Crippen molar-refractivity contribution in [3.8, 4) is 5.75 Å². The third-order valence-corrected chi connectivity index (χ3v) is 6.41. The Morgan fingerprint density at radius 1 is 1.33 bits per heavy atom. The van der Waals surface area contributed by atoms with Crippen LogP contribution in [-0.4, -0.2) is 15.9 Å². The summed E-state index contributed by atoms with van der Waals surface area (Å²) in [5, 5.41) is 11.5. The molecule has 1 aliphatic rings. The average Bonchev–Trinajstić information content (AvgIpc) is 2.96. The summed E-state index contributed by atoms with van der Waals surface area (Å²) in [7, 11) is -1.34. The first-order valence-corrected chi connectivity index (χ1v) is 9.60. The van der Waals surface area contributed by atoms with Crippen LogP contribution in [0, 0.1) is 6.92 Å². The van der Waals surface area contributed by atoms with Crippen molar-refractivity contribution in [2.45, 2.75) is 18.7 Å². The van der Waals surface area contributed by atoms with Crippen molar-refractivity contribution in [2.24, 2.45) is 0 Å². The summed E-state index contributed by atoms with van der Waals surface area (Å²) in [6.07, 6.45) is 5.92. The molecule has 1 aliphatic heterocycles. The predicted molar refractivity (Wildman–Crippen MR) is 103 cm³/mol. The number of aryl methyl sites for hydroxylation is 1. The Labute approximate surface area is 148 Å². The molecule has 1 atom stereocenters. The molecule has 1 unspecified atom stereocenters. The van der Waals surface area contributed by atoms with Crippen LogP contribution in [-0.2, 0) is 11.0 Å². The van der Waals surface area contributed by atoms with Gasteiger partial charge in [-0.15, -0.1) is 11.3 Å². The lowest BCUT2D eigenvalue weighted by Gasteiger charge is -2.30. The van der Waals surface area contributed by atoms with Gasteiger partial charge in [-0.25, -0.2) is 4.21 Å². The zero-order chi connectivity index (χ0) is 17.3. The van der Waals surface area contributed by atoms with E-state index < -0.39 is 11.0 Å². The van der Waals surface area contributed by atoms with Crippen molar-refractivity contribution in [3.63, 3.8) is 0 Å². The summed E-state index contributed by atoms with van der Waals surface area (Å²) in [5.74, 6) is 0.172. The Balaban J connectivity index is 2.11. The molecule has 0 amide bonds. The van der Waals surface area contributed by atoms with E-state index in [1.807, 2.05) is 30.3 Å². The summed E-state index contributed by atoms with van der Waals surface area (Å²) >= 11 is 1.65. The second-order valence-electron chi connectivity index (χ2n) is 5.52. The van der Waals surface area contributed by atoms with E-state index in [4.69, 9.17) is 0 Å². The molecule has 0 radical (unpaired) electrons. The van der Waals surface area contributed by atoms with Gasteiger partial charge in [-0.1, -0.05) is 24.8 Å². The molecular weight excluding hydrogens is 338 g/mol. The standard InChI is InChI=1S/C19H19NO2S2/c1-4-6-14-11-20(24(22)16-9-7-15(21)8-10-16)18-13(3)12-23-19(18)17(14)5-2/h4-10,12,21H,2,11H2,1,3H3/b6-4-. The minimum atomic E-state index is -1.34. The van der Waals surface area contributed by atoms with Gasteiger partial charge in [0.25, 0.3) is 0 Å². The van der Waals surface area contributed by atoms with Crippen molar-refractivity contribution in [1.82, 2.24) is 0 Å². The molecule has 124 valence electrons. The minimum absolute atomic E-state index is 0.172. The van der Waals surface area contributed by atoms with E-state index in [1.165, 1.54) is 0 Å². The zero-order valence-electron chi connectivity index (χ0n) is 13.7. The van der Waals surface area contributed by atoms with Crippen LogP contribution < -0.4 is 4.31 Å². The monoisotopic (exact) mass is 357 g/mol. The molecule has 0 saturated carbocycles. The molecule has 1 aromatic carbocycles. The fourth-order valence-electron chi connectivity index (χ4n) is 2.80. The number of benzene rings is 1. The summed E-state index contributed by atoms with van der Waals surface area (Å²) < 4.78 is 15.1. The number of nitrogens with zero attached hydrogens (tertiary/aromatic N) is 1. The van der Waals surface area contributed by atoms with E-state index in [0.717, 1.165) is 27.3 Å². The third-order valence-electron chi connectivity index (χ3n) is 3.91. The highest BCUT2D eigenvalue weighted by molar-refractivity contribution is 7.86. The fraction of sp³-hybridized carbons (Fsp3) is 0.158. The van der Waals surface area contributed by atoms with Crippen LogP contribution >= 0.6 is 11.3 Å². The van der Waals surface area contributed by atoms with Gasteiger partial charge >= 0.3 is 0 Å². The lowest BCUT2D eigenvalue weighted by molar-refractivity contribution is 0.475. The highest BCUT2D eigenvalue weighted by Gasteiger charge is 2.29. The van der Waals surface area contributed by atoms with Crippen molar-refractivity contribution >= 4 is 33.6 Å². The summed E-state index contributed by atoms with van der Waals surface area (Å²) in [4.78, 5) is 1.78. The van der Waals surface area contributed by atoms with Gasteiger partial charge in [0, 0.05) is 0 Å². The number of thiophene rings is 1. The van der Waals surface area contributed by atoms with E-state index in [0.29, 0.717) is 11.4 Å². The van der Waals surface area contributed by atoms with Crippen LogP contribution in [0.1, 0.15) is 17.4 Å². The number of phenols is 1. The molecule has 1 N–H and O–H groups in total. The number of anilines is 1. The van der Waals surface area contributed by atoms with Gasteiger partial charge in [-0.05, 0) is 60.2 Å². The SMILES string of the molecule is C=CC1=C(/C=C\C)CN(S(=O)c2ccc(O)cc2)c2c(C)csc21. The highest BCUT2D eigenvalue weighted by Crippen LogP contribution is 2.43. The van der Waals surface area contributed by atoms with Gasteiger partial charge in [0.1, 0.15) is 5.75 Å².